The fourth-order valence-corrected chi connectivity index (χ4v) is 3.91. The third-order valence-corrected chi connectivity index (χ3v) is 5.94. The van der Waals surface area contributed by atoms with Crippen LogP contribution in [0.3, 0.4) is 0 Å². The van der Waals surface area contributed by atoms with Gasteiger partial charge in [0.25, 0.3) is 11.8 Å². The molecule has 0 aliphatic carbocycles. The van der Waals surface area contributed by atoms with E-state index in [2.05, 4.69) is 10.3 Å². The van der Waals surface area contributed by atoms with Crippen molar-refractivity contribution in [2.24, 2.45) is 11.7 Å². The molecule has 2 aromatic rings. The largest absolute Gasteiger partial charge is 0.493 e. The van der Waals surface area contributed by atoms with Gasteiger partial charge in [-0.1, -0.05) is 13.0 Å². The van der Waals surface area contributed by atoms with Gasteiger partial charge >= 0.3 is 6.18 Å². The highest BCUT2D eigenvalue weighted by Crippen LogP contribution is 2.55. The molecule has 0 bridgehead atoms. The first-order valence-corrected chi connectivity index (χ1v) is 9.75. The number of carbonyl (C=O) groups excluding carboxylic acids is 2. The number of ether oxygens (including phenoxy) is 2. The first-order chi connectivity index (χ1) is 15.7. The number of hydrogen-bond donors (Lipinski definition) is 2. The predicted molar refractivity (Wildman–Crippen MR) is 105 cm³/mol. The van der Waals surface area contributed by atoms with Crippen LogP contribution in [-0.4, -0.2) is 41.8 Å². The van der Waals surface area contributed by atoms with Gasteiger partial charge in [-0.3, -0.25) is 9.59 Å². The van der Waals surface area contributed by atoms with Crippen LogP contribution in [0.25, 0.3) is 0 Å². The van der Waals surface area contributed by atoms with Crippen LogP contribution in [0.4, 0.5) is 32.0 Å². The number of alkyl halides is 3. The summed E-state index contributed by atoms with van der Waals surface area (Å²) >= 11 is 0. The summed E-state index contributed by atoms with van der Waals surface area (Å²) in [6.07, 6.45) is -6.32. The summed E-state index contributed by atoms with van der Waals surface area (Å²) in [5, 5.41) is 2.06. The maximum absolute atomic E-state index is 14.4. The highest BCUT2D eigenvalue weighted by atomic mass is 19.4. The van der Waals surface area contributed by atoms with Crippen molar-refractivity contribution in [2.75, 3.05) is 12.4 Å². The van der Waals surface area contributed by atoms with Crippen LogP contribution in [0.15, 0.2) is 24.4 Å². The summed E-state index contributed by atoms with van der Waals surface area (Å²) in [6.45, 7) is 1.84. The normalized spacial score (nSPS) is 24.7. The lowest BCUT2D eigenvalue weighted by atomic mass is 9.77. The highest BCUT2D eigenvalue weighted by molar-refractivity contribution is 5.97. The molecule has 1 aromatic carbocycles. The predicted octanol–water partition coefficient (Wildman–Crippen LogP) is 3.68. The summed E-state index contributed by atoms with van der Waals surface area (Å²) in [7, 11) is 0.984. The molecule has 13 heteroatoms. The van der Waals surface area contributed by atoms with Gasteiger partial charge < -0.3 is 20.5 Å². The van der Waals surface area contributed by atoms with Crippen LogP contribution >= 0.6 is 0 Å². The van der Waals surface area contributed by atoms with Crippen LogP contribution in [0.1, 0.15) is 35.8 Å². The molecule has 1 aliphatic heterocycles. The Bertz CT molecular complexity index is 1140. The van der Waals surface area contributed by atoms with Gasteiger partial charge in [0.1, 0.15) is 11.8 Å². The molecule has 2 heterocycles. The monoisotopic (exact) mass is 491 g/mol. The number of anilines is 1. The number of amides is 2. The molecule has 1 aromatic heterocycles. The number of hydrogen-bond acceptors (Lipinski definition) is 5. The van der Waals surface area contributed by atoms with Crippen LogP contribution in [0.2, 0.25) is 0 Å². The number of aromatic nitrogens is 1. The first-order valence-electron chi connectivity index (χ1n) is 9.75. The number of pyridine rings is 1. The third-order valence-electron chi connectivity index (χ3n) is 5.94. The number of nitrogens with one attached hydrogen (secondary N) is 1. The minimum absolute atomic E-state index is 0.255. The van der Waals surface area contributed by atoms with E-state index >= 15 is 0 Å². The van der Waals surface area contributed by atoms with E-state index in [1.807, 2.05) is 0 Å². The molecule has 1 saturated heterocycles. The molecule has 1 fully saturated rings. The lowest BCUT2D eigenvalue weighted by Crippen LogP contribution is -2.47. The molecule has 3 rings (SSSR count). The quantitative estimate of drug-likeness (QED) is 0.622. The second-order valence-corrected chi connectivity index (χ2v) is 7.84. The Morgan fingerprint density at radius 1 is 1.21 bits per heavy atom. The van der Waals surface area contributed by atoms with E-state index in [0.29, 0.717) is 19.2 Å². The average Bonchev–Trinajstić information content (AvgIpc) is 3.03. The molecule has 2 amide bonds. The average molecular weight is 491 g/mol. The van der Waals surface area contributed by atoms with E-state index in [9.17, 15) is 35.9 Å². The van der Waals surface area contributed by atoms with Gasteiger partial charge in [-0.2, -0.15) is 17.6 Å². The van der Waals surface area contributed by atoms with E-state index in [1.165, 1.54) is 0 Å². The molecule has 0 unspecified atom stereocenters. The molecule has 0 saturated carbocycles. The molecule has 34 heavy (non-hydrogen) atoms. The number of rotatable bonds is 5. The molecule has 4 atom stereocenters. The Labute approximate surface area is 189 Å². The number of nitrogens with zero attached hydrogens (tertiary/aromatic N) is 1. The van der Waals surface area contributed by atoms with Crippen molar-refractivity contribution in [1.82, 2.24) is 4.98 Å². The molecular formula is C21H19F6N3O4. The van der Waals surface area contributed by atoms with Gasteiger partial charge in [0, 0.05) is 17.4 Å². The van der Waals surface area contributed by atoms with Crippen LogP contribution in [-0.2, 0) is 9.53 Å². The van der Waals surface area contributed by atoms with Gasteiger partial charge in [0.05, 0.1) is 19.0 Å². The minimum atomic E-state index is -4.97. The Kier molecular flexibility index (Phi) is 6.53. The topological polar surface area (TPSA) is 104 Å². The minimum Gasteiger partial charge on any atom is -0.493 e. The van der Waals surface area contributed by atoms with E-state index in [0.717, 1.165) is 26.2 Å². The Balaban J connectivity index is 2.10. The second-order valence-electron chi connectivity index (χ2n) is 7.84. The number of halogens is 6. The molecule has 7 nitrogen and oxygen atoms in total. The second kappa shape index (κ2) is 8.78. The van der Waals surface area contributed by atoms with Crippen LogP contribution in [0.5, 0.6) is 5.75 Å². The maximum Gasteiger partial charge on any atom is 0.417 e. The van der Waals surface area contributed by atoms with Crippen molar-refractivity contribution in [3.63, 3.8) is 0 Å². The van der Waals surface area contributed by atoms with Gasteiger partial charge in [0.2, 0.25) is 5.82 Å². The summed E-state index contributed by atoms with van der Waals surface area (Å²) in [5.74, 6) is -9.85. The van der Waals surface area contributed by atoms with Gasteiger partial charge in [-0.15, -0.1) is 0 Å². The van der Waals surface area contributed by atoms with Gasteiger partial charge in [0.15, 0.2) is 23.0 Å². The summed E-state index contributed by atoms with van der Waals surface area (Å²) in [5.41, 5.74) is 0.923. The van der Waals surface area contributed by atoms with Crippen molar-refractivity contribution in [1.29, 1.82) is 0 Å². The van der Waals surface area contributed by atoms with Crippen LogP contribution in [0, 0.1) is 23.4 Å². The standard InChI is InChI=1S/C21H19F6N3O4/c1-8-14(9-4-5-10(22)15(24)16(9)33-3)17(34-20(8,2)21(25,26)27)19(32)30-12-6-13(18(28)31)29-7-11(12)23/h4-8,14,17H,1-3H3,(H2,28,31)(H,29,30,32)/t8-,14+,17+,20+/m0/s1. The van der Waals surface area contributed by atoms with Crippen molar-refractivity contribution in [2.45, 2.75) is 37.6 Å². The lowest BCUT2D eigenvalue weighted by molar-refractivity contribution is -0.272. The van der Waals surface area contributed by atoms with E-state index in [1.54, 1.807) is 0 Å². The summed E-state index contributed by atoms with van der Waals surface area (Å²) in [4.78, 5) is 27.8. The SMILES string of the molecule is COc1c([C@@H]2[C@H](C(=O)Nc3cc(C(N)=O)ncc3F)O[C@@](C)(C(F)(F)F)[C@H]2C)ccc(F)c1F. The molecule has 184 valence electrons. The Morgan fingerprint density at radius 2 is 1.85 bits per heavy atom. The number of methoxy groups -OCH3 is 1. The summed E-state index contributed by atoms with van der Waals surface area (Å²) < 4.78 is 94.1. The van der Waals surface area contributed by atoms with E-state index in [4.69, 9.17) is 15.2 Å². The zero-order valence-corrected chi connectivity index (χ0v) is 18.0. The molecule has 0 radical (unpaired) electrons. The van der Waals surface area contributed by atoms with Crippen molar-refractivity contribution >= 4 is 17.5 Å². The Hall–Kier alpha value is -3.35. The zero-order chi connectivity index (χ0) is 25.6. The van der Waals surface area contributed by atoms with Gasteiger partial charge in [-0.25, -0.2) is 13.8 Å². The smallest absolute Gasteiger partial charge is 0.417 e. The van der Waals surface area contributed by atoms with E-state index in [-0.39, 0.29) is 5.56 Å². The Morgan fingerprint density at radius 3 is 2.41 bits per heavy atom. The fourth-order valence-electron chi connectivity index (χ4n) is 3.91. The van der Waals surface area contributed by atoms with Crippen LogP contribution < -0.4 is 15.8 Å². The van der Waals surface area contributed by atoms with Gasteiger partial charge in [-0.05, 0) is 19.1 Å². The van der Waals surface area contributed by atoms with Crippen molar-refractivity contribution in [3.8, 4) is 5.75 Å². The highest BCUT2D eigenvalue weighted by Gasteiger charge is 2.66. The first kappa shape index (κ1) is 25.3. The van der Waals surface area contributed by atoms with E-state index < -0.39 is 76.1 Å². The number of nitrogens with two attached hydrogens (primary N) is 1. The third kappa shape index (κ3) is 4.15. The fraction of sp³-hybridized carbons (Fsp3) is 0.381. The molecular weight excluding hydrogens is 472 g/mol. The number of carbonyl (C=O) groups is 2. The molecule has 3 N–H and O–H groups in total. The number of benzene rings is 1. The summed E-state index contributed by atoms with van der Waals surface area (Å²) in [6, 6.07) is 2.46. The molecule has 1 aliphatic rings. The maximum atomic E-state index is 14.4. The number of primary amides is 1. The molecule has 0 spiro atoms. The zero-order valence-electron chi connectivity index (χ0n) is 18.0. The van der Waals surface area contributed by atoms with Crippen molar-refractivity contribution < 1.29 is 45.4 Å². The van der Waals surface area contributed by atoms with Crippen molar-refractivity contribution in [3.05, 3.63) is 53.1 Å². The lowest BCUT2D eigenvalue weighted by Gasteiger charge is -2.32.